The monoisotopic (exact) mass is 300 g/mol. The van der Waals surface area contributed by atoms with Crippen LogP contribution in [-0.4, -0.2) is 55.4 Å². The van der Waals surface area contributed by atoms with Crippen LogP contribution in [0.5, 0.6) is 0 Å². The Labute approximate surface area is 124 Å². The predicted molar refractivity (Wildman–Crippen MR) is 79.1 cm³/mol. The third-order valence-corrected chi connectivity index (χ3v) is 4.20. The molecule has 0 bridgehead atoms. The number of likely N-dealkylation sites (N-methyl/N-ethyl adjacent to an activating group) is 2. The van der Waals surface area contributed by atoms with Crippen LogP contribution >= 0.6 is 23.2 Å². The Hall–Kier alpha value is -0.610. The maximum atomic E-state index is 12.4. The number of piperazine rings is 1. The van der Waals surface area contributed by atoms with Gasteiger partial charge in [-0.05, 0) is 37.9 Å². The molecule has 19 heavy (non-hydrogen) atoms. The van der Waals surface area contributed by atoms with Gasteiger partial charge in [0.05, 0.1) is 6.04 Å². The molecule has 5 heteroatoms. The summed E-state index contributed by atoms with van der Waals surface area (Å²) in [5.74, 6) is 0.193. The van der Waals surface area contributed by atoms with E-state index in [-0.39, 0.29) is 11.8 Å². The van der Waals surface area contributed by atoms with Crippen LogP contribution in [0.3, 0.4) is 0 Å². The van der Waals surface area contributed by atoms with Gasteiger partial charge >= 0.3 is 0 Å². The van der Waals surface area contributed by atoms with E-state index in [1.807, 2.05) is 14.1 Å². The first-order valence-corrected chi connectivity index (χ1v) is 7.08. The van der Waals surface area contributed by atoms with Gasteiger partial charge in [-0.25, -0.2) is 0 Å². The molecule has 1 atom stereocenters. The van der Waals surface area contributed by atoms with E-state index in [1.54, 1.807) is 18.2 Å². The normalized spacial score (nSPS) is 21.6. The molecule has 0 amide bonds. The second kappa shape index (κ2) is 6.23. The zero-order valence-corrected chi connectivity index (χ0v) is 12.7. The largest absolute Gasteiger partial charge is 0.303 e. The van der Waals surface area contributed by atoms with Crippen LogP contribution in [0.2, 0.25) is 10.0 Å². The minimum absolute atomic E-state index is 0.0613. The first kappa shape index (κ1) is 14.8. The highest BCUT2D eigenvalue weighted by Crippen LogP contribution is 2.22. The van der Waals surface area contributed by atoms with Crippen molar-refractivity contribution in [2.45, 2.75) is 12.5 Å². The van der Waals surface area contributed by atoms with Gasteiger partial charge in [0.25, 0.3) is 0 Å². The molecule has 0 N–H and O–H groups in total. The Morgan fingerprint density at radius 3 is 2.79 bits per heavy atom. The van der Waals surface area contributed by atoms with E-state index < -0.39 is 0 Å². The molecule has 1 heterocycles. The summed E-state index contributed by atoms with van der Waals surface area (Å²) >= 11 is 12.1. The molecule has 0 radical (unpaired) electrons. The van der Waals surface area contributed by atoms with Gasteiger partial charge in [0, 0.05) is 36.1 Å². The summed E-state index contributed by atoms with van der Waals surface area (Å²) in [5.41, 5.74) is 0.806. The number of hydrogen-bond donors (Lipinski definition) is 0. The summed E-state index contributed by atoms with van der Waals surface area (Å²) in [6.07, 6.45) is 0.336. The second-order valence-corrected chi connectivity index (χ2v) is 5.98. The zero-order valence-electron chi connectivity index (χ0n) is 11.2. The molecular weight excluding hydrogens is 283 g/mol. The first-order chi connectivity index (χ1) is 8.97. The van der Waals surface area contributed by atoms with Gasteiger partial charge in [0.2, 0.25) is 0 Å². The Kier molecular flexibility index (Phi) is 4.85. The second-order valence-electron chi connectivity index (χ2n) is 5.14. The van der Waals surface area contributed by atoms with Crippen molar-refractivity contribution in [1.29, 1.82) is 0 Å². The van der Waals surface area contributed by atoms with Crippen molar-refractivity contribution in [1.82, 2.24) is 9.80 Å². The van der Waals surface area contributed by atoms with Gasteiger partial charge < -0.3 is 4.90 Å². The van der Waals surface area contributed by atoms with Crippen molar-refractivity contribution in [2.24, 2.45) is 0 Å². The van der Waals surface area contributed by atoms with Crippen LogP contribution in [-0.2, 0) is 11.2 Å². The Morgan fingerprint density at radius 1 is 1.32 bits per heavy atom. The lowest BCUT2D eigenvalue weighted by Crippen LogP contribution is -2.53. The van der Waals surface area contributed by atoms with E-state index in [4.69, 9.17) is 23.2 Å². The average molecular weight is 301 g/mol. The fourth-order valence-corrected chi connectivity index (χ4v) is 2.72. The molecule has 3 nitrogen and oxygen atoms in total. The van der Waals surface area contributed by atoms with Crippen LogP contribution in [0.4, 0.5) is 0 Å². The number of halogens is 2. The molecule has 1 unspecified atom stereocenters. The average Bonchev–Trinajstić information content (AvgIpc) is 2.36. The number of benzene rings is 1. The van der Waals surface area contributed by atoms with Crippen LogP contribution < -0.4 is 0 Å². The molecule has 0 aliphatic carbocycles. The molecule has 104 valence electrons. The summed E-state index contributed by atoms with van der Waals surface area (Å²) in [7, 11) is 4.04. The maximum Gasteiger partial charge on any atom is 0.155 e. The number of nitrogens with zero attached hydrogens (tertiary/aromatic N) is 2. The van der Waals surface area contributed by atoms with Gasteiger partial charge in [-0.3, -0.25) is 9.69 Å². The van der Waals surface area contributed by atoms with Gasteiger partial charge in [0.15, 0.2) is 5.78 Å². The molecule has 1 saturated heterocycles. The molecule has 2 rings (SSSR count). The van der Waals surface area contributed by atoms with E-state index in [2.05, 4.69) is 9.80 Å². The molecule has 1 aromatic carbocycles. The number of hydrogen-bond acceptors (Lipinski definition) is 3. The minimum atomic E-state index is -0.0613. The lowest BCUT2D eigenvalue weighted by molar-refractivity contribution is -0.125. The molecule has 1 aliphatic rings. The fourth-order valence-electron chi connectivity index (χ4n) is 2.34. The highest BCUT2D eigenvalue weighted by molar-refractivity contribution is 6.33. The van der Waals surface area contributed by atoms with E-state index in [9.17, 15) is 4.79 Å². The third kappa shape index (κ3) is 3.69. The lowest BCUT2D eigenvalue weighted by Gasteiger charge is -2.36. The van der Waals surface area contributed by atoms with Gasteiger partial charge in [-0.15, -0.1) is 0 Å². The summed E-state index contributed by atoms with van der Waals surface area (Å²) in [4.78, 5) is 16.7. The van der Waals surface area contributed by atoms with Crippen molar-refractivity contribution in [3.8, 4) is 0 Å². The number of carbonyl (C=O) groups is 1. The van der Waals surface area contributed by atoms with Gasteiger partial charge in [-0.1, -0.05) is 23.2 Å². The summed E-state index contributed by atoms with van der Waals surface area (Å²) in [6.45, 7) is 2.68. The molecule has 1 aliphatic heterocycles. The molecule has 1 aromatic rings. The van der Waals surface area contributed by atoms with Crippen LogP contribution in [0.15, 0.2) is 18.2 Å². The standard InChI is InChI=1S/C14H18Cl2N2O/c1-17-5-6-18(2)13(9-17)14(19)8-10-7-11(15)3-4-12(10)16/h3-4,7,13H,5-6,8-9H2,1-2H3. The van der Waals surface area contributed by atoms with Gasteiger partial charge in [0.1, 0.15) is 0 Å². The van der Waals surface area contributed by atoms with E-state index in [0.717, 1.165) is 25.2 Å². The summed E-state index contributed by atoms with van der Waals surface area (Å²) < 4.78 is 0. The number of Topliss-reactive ketones (excluding diaryl/α,β-unsaturated/α-hetero) is 1. The first-order valence-electron chi connectivity index (χ1n) is 6.33. The number of carbonyl (C=O) groups excluding carboxylic acids is 1. The Bertz CT molecular complexity index is 479. The Morgan fingerprint density at radius 2 is 2.05 bits per heavy atom. The fraction of sp³-hybridized carbons (Fsp3) is 0.500. The lowest BCUT2D eigenvalue weighted by atomic mass is 10.0. The van der Waals surface area contributed by atoms with Crippen molar-refractivity contribution in [3.05, 3.63) is 33.8 Å². The SMILES string of the molecule is CN1CCN(C)C(C(=O)Cc2cc(Cl)ccc2Cl)C1. The van der Waals surface area contributed by atoms with E-state index in [0.29, 0.717) is 16.5 Å². The zero-order chi connectivity index (χ0) is 14.0. The Balaban J connectivity index is 2.09. The number of ketones is 1. The van der Waals surface area contributed by atoms with Crippen LogP contribution in [0, 0.1) is 0 Å². The number of rotatable bonds is 3. The molecule has 0 saturated carbocycles. The summed E-state index contributed by atoms with van der Waals surface area (Å²) in [5, 5.41) is 1.21. The maximum absolute atomic E-state index is 12.4. The van der Waals surface area contributed by atoms with Crippen molar-refractivity contribution in [3.63, 3.8) is 0 Å². The minimum Gasteiger partial charge on any atom is -0.303 e. The quantitative estimate of drug-likeness (QED) is 0.856. The summed E-state index contributed by atoms with van der Waals surface area (Å²) in [6, 6.07) is 5.18. The van der Waals surface area contributed by atoms with Crippen molar-refractivity contribution < 1.29 is 4.79 Å². The predicted octanol–water partition coefficient (Wildman–Crippen LogP) is 2.35. The topological polar surface area (TPSA) is 23.6 Å². The van der Waals surface area contributed by atoms with Crippen molar-refractivity contribution in [2.75, 3.05) is 33.7 Å². The molecule has 1 fully saturated rings. The molecule has 0 spiro atoms. The van der Waals surface area contributed by atoms with Crippen LogP contribution in [0.25, 0.3) is 0 Å². The van der Waals surface area contributed by atoms with E-state index >= 15 is 0 Å². The third-order valence-electron chi connectivity index (χ3n) is 3.60. The van der Waals surface area contributed by atoms with Crippen LogP contribution in [0.1, 0.15) is 5.56 Å². The highest BCUT2D eigenvalue weighted by Gasteiger charge is 2.28. The smallest absolute Gasteiger partial charge is 0.155 e. The molecule has 0 aromatic heterocycles. The van der Waals surface area contributed by atoms with Gasteiger partial charge in [-0.2, -0.15) is 0 Å². The molecular formula is C14H18Cl2N2O. The van der Waals surface area contributed by atoms with E-state index in [1.165, 1.54) is 0 Å². The van der Waals surface area contributed by atoms with Crippen molar-refractivity contribution >= 4 is 29.0 Å². The highest BCUT2D eigenvalue weighted by atomic mass is 35.5.